The van der Waals surface area contributed by atoms with E-state index in [0.29, 0.717) is 17.9 Å². The standard InChI is InChI=1S/C15H26N2O2/c18-14(13-16-7-1-2-8-16)17-9-3-15(4-10-17)5-11-19-12-6-15/h1-13H2. The maximum Gasteiger partial charge on any atom is 0.236 e. The fraction of sp³-hybridized carbons (Fsp3) is 0.933. The van der Waals surface area contributed by atoms with Gasteiger partial charge in [-0.2, -0.15) is 0 Å². The molecule has 3 rings (SSSR count). The Morgan fingerprint density at radius 3 is 2.21 bits per heavy atom. The maximum atomic E-state index is 12.3. The third-order valence-electron chi connectivity index (χ3n) is 5.29. The molecule has 0 unspecified atom stereocenters. The average molecular weight is 266 g/mol. The van der Waals surface area contributed by atoms with Crippen LogP contribution in [-0.4, -0.2) is 61.6 Å². The first-order chi connectivity index (χ1) is 9.27. The van der Waals surface area contributed by atoms with Crippen molar-refractivity contribution in [3.63, 3.8) is 0 Å². The van der Waals surface area contributed by atoms with Gasteiger partial charge in [-0.3, -0.25) is 9.69 Å². The van der Waals surface area contributed by atoms with Gasteiger partial charge in [-0.1, -0.05) is 0 Å². The molecule has 3 aliphatic heterocycles. The Balaban J connectivity index is 1.47. The van der Waals surface area contributed by atoms with Gasteiger partial charge in [-0.05, 0) is 57.0 Å². The Morgan fingerprint density at radius 1 is 0.947 bits per heavy atom. The molecule has 3 saturated heterocycles. The second-order valence-electron chi connectivity index (χ2n) is 6.48. The van der Waals surface area contributed by atoms with Crippen LogP contribution >= 0.6 is 0 Å². The fourth-order valence-corrected chi connectivity index (χ4v) is 3.77. The summed E-state index contributed by atoms with van der Waals surface area (Å²) in [4.78, 5) is 16.7. The Hall–Kier alpha value is -0.610. The minimum absolute atomic E-state index is 0.351. The van der Waals surface area contributed by atoms with Crippen LogP contribution < -0.4 is 0 Å². The van der Waals surface area contributed by atoms with E-state index in [1.165, 1.54) is 38.5 Å². The molecule has 0 bridgehead atoms. The molecule has 4 nitrogen and oxygen atoms in total. The van der Waals surface area contributed by atoms with Crippen molar-refractivity contribution >= 4 is 5.91 Å². The number of amides is 1. The van der Waals surface area contributed by atoms with Crippen molar-refractivity contribution in [2.45, 2.75) is 38.5 Å². The fourth-order valence-electron chi connectivity index (χ4n) is 3.77. The van der Waals surface area contributed by atoms with Crippen molar-refractivity contribution in [1.29, 1.82) is 0 Å². The summed E-state index contributed by atoms with van der Waals surface area (Å²) in [6, 6.07) is 0. The molecule has 4 heteroatoms. The van der Waals surface area contributed by atoms with Gasteiger partial charge < -0.3 is 9.64 Å². The first kappa shape index (κ1) is 13.4. The number of hydrogen-bond donors (Lipinski definition) is 0. The van der Waals surface area contributed by atoms with Crippen molar-refractivity contribution in [2.75, 3.05) is 45.9 Å². The van der Waals surface area contributed by atoms with Crippen molar-refractivity contribution < 1.29 is 9.53 Å². The smallest absolute Gasteiger partial charge is 0.236 e. The average Bonchev–Trinajstić information content (AvgIpc) is 2.93. The van der Waals surface area contributed by atoms with Crippen LogP contribution in [0.4, 0.5) is 0 Å². The molecular formula is C15H26N2O2. The Bertz CT molecular complexity index is 310. The number of hydrogen-bond acceptors (Lipinski definition) is 3. The molecule has 3 heterocycles. The summed E-state index contributed by atoms with van der Waals surface area (Å²) in [7, 11) is 0. The summed E-state index contributed by atoms with van der Waals surface area (Å²) in [6.07, 6.45) is 7.28. The molecule has 0 aliphatic carbocycles. The van der Waals surface area contributed by atoms with Crippen LogP contribution in [0.15, 0.2) is 0 Å². The topological polar surface area (TPSA) is 32.8 Å². The number of ether oxygens (including phenoxy) is 1. The van der Waals surface area contributed by atoms with Crippen molar-refractivity contribution in [1.82, 2.24) is 9.80 Å². The van der Waals surface area contributed by atoms with Gasteiger partial charge in [0.2, 0.25) is 5.91 Å². The maximum absolute atomic E-state index is 12.3. The highest BCUT2D eigenvalue weighted by molar-refractivity contribution is 5.78. The van der Waals surface area contributed by atoms with E-state index in [1.54, 1.807) is 0 Å². The van der Waals surface area contributed by atoms with Gasteiger partial charge in [-0.25, -0.2) is 0 Å². The lowest BCUT2D eigenvalue weighted by atomic mass is 9.72. The van der Waals surface area contributed by atoms with Gasteiger partial charge in [0.1, 0.15) is 0 Å². The third-order valence-corrected chi connectivity index (χ3v) is 5.29. The number of piperidine rings is 1. The molecule has 3 fully saturated rings. The molecule has 108 valence electrons. The van der Waals surface area contributed by atoms with Gasteiger partial charge in [0, 0.05) is 26.3 Å². The van der Waals surface area contributed by atoms with Crippen LogP contribution in [0.2, 0.25) is 0 Å². The zero-order valence-corrected chi connectivity index (χ0v) is 11.9. The molecule has 0 atom stereocenters. The number of likely N-dealkylation sites (tertiary alicyclic amines) is 2. The predicted molar refractivity (Wildman–Crippen MR) is 74.0 cm³/mol. The Kier molecular flexibility index (Phi) is 4.08. The van der Waals surface area contributed by atoms with Crippen LogP contribution in [0.5, 0.6) is 0 Å². The monoisotopic (exact) mass is 266 g/mol. The summed E-state index contributed by atoms with van der Waals surface area (Å²) in [5, 5.41) is 0. The molecule has 19 heavy (non-hydrogen) atoms. The van der Waals surface area contributed by atoms with Crippen LogP contribution in [0.25, 0.3) is 0 Å². The third kappa shape index (κ3) is 3.11. The molecule has 1 spiro atoms. The normalized spacial score (nSPS) is 27.9. The largest absolute Gasteiger partial charge is 0.381 e. The molecule has 0 saturated carbocycles. The van der Waals surface area contributed by atoms with E-state index >= 15 is 0 Å². The minimum atomic E-state index is 0.351. The quantitative estimate of drug-likeness (QED) is 0.759. The van der Waals surface area contributed by atoms with Gasteiger partial charge in [0.15, 0.2) is 0 Å². The number of carbonyl (C=O) groups is 1. The summed E-state index contributed by atoms with van der Waals surface area (Å²) in [5.74, 6) is 0.351. The highest BCUT2D eigenvalue weighted by Gasteiger charge is 2.37. The molecule has 3 aliphatic rings. The lowest BCUT2D eigenvalue weighted by molar-refractivity contribution is -0.135. The van der Waals surface area contributed by atoms with Crippen LogP contribution in [-0.2, 0) is 9.53 Å². The Morgan fingerprint density at radius 2 is 1.58 bits per heavy atom. The molecule has 1 amide bonds. The van der Waals surface area contributed by atoms with Gasteiger partial charge in [-0.15, -0.1) is 0 Å². The van der Waals surface area contributed by atoms with Crippen molar-refractivity contribution in [3.05, 3.63) is 0 Å². The van der Waals surface area contributed by atoms with Crippen LogP contribution in [0.1, 0.15) is 38.5 Å². The van der Waals surface area contributed by atoms with Crippen LogP contribution in [0, 0.1) is 5.41 Å². The zero-order chi connectivity index (χ0) is 13.1. The summed E-state index contributed by atoms with van der Waals surface area (Å²) in [5.41, 5.74) is 0.489. The molecule has 0 aromatic heterocycles. The van der Waals surface area contributed by atoms with E-state index in [-0.39, 0.29) is 0 Å². The van der Waals surface area contributed by atoms with Gasteiger partial charge in [0.05, 0.1) is 6.54 Å². The van der Waals surface area contributed by atoms with E-state index in [0.717, 1.165) is 39.4 Å². The molecule has 0 N–H and O–H groups in total. The Labute approximate surface area is 116 Å². The van der Waals surface area contributed by atoms with E-state index in [9.17, 15) is 4.79 Å². The van der Waals surface area contributed by atoms with E-state index in [4.69, 9.17) is 4.74 Å². The number of carbonyl (C=O) groups excluding carboxylic acids is 1. The summed E-state index contributed by atoms with van der Waals surface area (Å²) >= 11 is 0. The molecular weight excluding hydrogens is 240 g/mol. The van der Waals surface area contributed by atoms with Crippen LogP contribution in [0.3, 0.4) is 0 Å². The lowest BCUT2D eigenvalue weighted by Gasteiger charge is -2.44. The lowest BCUT2D eigenvalue weighted by Crippen LogP contribution is -2.47. The first-order valence-electron chi connectivity index (χ1n) is 7.85. The van der Waals surface area contributed by atoms with Gasteiger partial charge >= 0.3 is 0 Å². The highest BCUT2D eigenvalue weighted by Crippen LogP contribution is 2.40. The van der Waals surface area contributed by atoms with Gasteiger partial charge in [0.25, 0.3) is 0 Å². The zero-order valence-electron chi connectivity index (χ0n) is 11.9. The second-order valence-corrected chi connectivity index (χ2v) is 6.48. The SMILES string of the molecule is O=C(CN1CCCC1)N1CCC2(CCOCC2)CC1. The first-order valence-corrected chi connectivity index (χ1v) is 7.85. The van der Waals surface area contributed by atoms with E-state index in [1.807, 2.05) is 0 Å². The number of rotatable bonds is 2. The molecule has 0 aromatic carbocycles. The van der Waals surface area contributed by atoms with E-state index < -0.39 is 0 Å². The second kappa shape index (κ2) is 5.80. The van der Waals surface area contributed by atoms with Crippen molar-refractivity contribution in [2.24, 2.45) is 5.41 Å². The van der Waals surface area contributed by atoms with E-state index in [2.05, 4.69) is 9.80 Å². The number of nitrogens with zero attached hydrogens (tertiary/aromatic N) is 2. The highest BCUT2D eigenvalue weighted by atomic mass is 16.5. The minimum Gasteiger partial charge on any atom is -0.381 e. The summed E-state index contributed by atoms with van der Waals surface area (Å²) < 4.78 is 5.47. The molecule has 0 aromatic rings. The molecule has 0 radical (unpaired) electrons. The predicted octanol–water partition coefficient (Wildman–Crippen LogP) is 1.50. The van der Waals surface area contributed by atoms with Crippen molar-refractivity contribution in [3.8, 4) is 0 Å². The summed E-state index contributed by atoms with van der Waals surface area (Å²) in [6.45, 7) is 6.64.